The molecule has 48 heavy (non-hydrogen) atoms. The number of rotatable bonds is 19. The van der Waals surface area contributed by atoms with Crippen LogP contribution in [0, 0.1) is 5.92 Å². The van der Waals surface area contributed by atoms with Crippen molar-refractivity contribution in [2.24, 2.45) is 5.92 Å². The third-order valence-electron chi connectivity index (χ3n) is 8.57. The first-order valence-electron chi connectivity index (χ1n) is 16.9. The van der Waals surface area contributed by atoms with E-state index < -0.39 is 18.0 Å². The summed E-state index contributed by atoms with van der Waals surface area (Å²) in [6.45, 7) is 11.3. The van der Waals surface area contributed by atoms with Crippen LogP contribution in [-0.4, -0.2) is 111 Å². The lowest BCUT2D eigenvalue weighted by molar-refractivity contribution is -0.143. The molecule has 3 saturated heterocycles. The second kappa shape index (κ2) is 19.8. The van der Waals surface area contributed by atoms with Crippen LogP contribution < -0.4 is 10.6 Å². The predicted molar refractivity (Wildman–Crippen MR) is 176 cm³/mol. The fraction of sp³-hybridized carbons (Fsp3) is 0.714. The van der Waals surface area contributed by atoms with Crippen LogP contribution in [-0.2, 0) is 47.6 Å². The van der Waals surface area contributed by atoms with E-state index in [1.807, 2.05) is 19.9 Å². The van der Waals surface area contributed by atoms with Crippen molar-refractivity contribution in [3.8, 4) is 0 Å². The molecule has 3 heterocycles. The highest BCUT2D eigenvalue weighted by atomic mass is 16.6. The topological polar surface area (TPSA) is 171 Å². The standard InChI is InChI=1S/C35H54N2O11/c1-23(7-10-31-24(2)18-30(26(4)47-31)37-32(39)11-8-25(3)46-27(5)38)6-9-28-20-35(22-45-35)21-29(48-28)19-33(40)36-13-15-44-17-16-43-14-12-34(41)42/h6-9,11,24-26,28-31H,10,12-22H2,1-5H3,(H,36,40)(H,37,39)(H,41,42)/b9-6+,11-8-,23-7+/t24-,25-,26+,28+,29+,30+,31-,35?/m0/s1. The Balaban J connectivity index is 1.37. The van der Waals surface area contributed by atoms with Gasteiger partial charge in [0.2, 0.25) is 11.8 Å². The largest absolute Gasteiger partial charge is 0.481 e. The average molecular weight is 679 g/mol. The Hall–Kier alpha value is -3.10. The molecule has 0 aliphatic carbocycles. The highest BCUT2D eigenvalue weighted by molar-refractivity contribution is 5.87. The van der Waals surface area contributed by atoms with E-state index in [-0.39, 0.29) is 73.2 Å². The third-order valence-corrected chi connectivity index (χ3v) is 8.57. The number of hydrogen-bond acceptors (Lipinski definition) is 10. The van der Waals surface area contributed by atoms with Crippen LogP contribution in [0.5, 0.6) is 0 Å². The Morgan fingerprint density at radius 1 is 1.02 bits per heavy atom. The maximum absolute atomic E-state index is 12.6. The van der Waals surface area contributed by atoms with Gasteiger partial charge in [-0.1, -0.05) is 30.7 Å². The van der Waals surface area contributed by atoms with Gasteiger partial charge in [-0.15, -0.1) is 0 Å². The zero-order valence-electron chi connectivity index (χ0n) is 28.9. The fourth-order valence-corrected chi connectivity index (χ4v) is 5.90. The summed E-state index contributed by atoms with van der Waals surface area (Å²) in [6, 6.07) is -0.116. The van der Waals surface area contributed by atoms with Crippen molar-refractivity contribution < 1.29 is 52.7 Å². The number of carboxylic acid groups (broad SMARTS) is 1. The molecule has 13 nitrogen and oxygen atoms in total. The number of carbonyl (C=O) groups is 4. The summed E-state index contributed by atoms with van der Waals surface area (Å²) in [7, 11) is 0. The van der Waals surface area contributed by atoms with Crippen LogP contribution in [0.1, 0.15) is 73.1 Å². The smallest absolute Gasteiger partial charge is 0.305 e. The summed E-state index contributed by atoms with van der Waals surface area (Å²) < 4.78 is 34.0. The number of amides is 2. The van der Waals surface area contributed by atoms with Crippen molar-refractivity contribution in [3.05, 3.63) is 36.0 Å². The summed E-state index contributed by atoms with van der Waals surface area (Å²) in [5.74, 6) is -1.42. The second-order valence-corrected chi connectivity index (χ2v) is 13.0. The maximum atomic E-state index is 12.6. The van der Waals surface area contributed by atoms with Crippen LogP contribution in [0.25, 0.3) is 0 Å². The van der Waals surface area contributed by atoms with Gasteiger partial charge in [0.25, 0.3) is 0 Å². The molecule has 0 aromatic rings. The minimum Gasteiger partial charge on any atom is -0.481 e. The number of epoxide rings is 1. The lowest BCUT2D eigenvalue weighted by atomic mass is 9.88. The van der Waals surface area contributed by atoms with E-state index in [1.165, 1.54) is 13.0 Å². The summed E-state index contributed by atoms with van der Waals surface area (Å²) in [5.41, 5.74) is 0.867. The van der Waals surface area contributed by atoms with E-state index in [2.05, 4.69) is 29.7 Å². The molecule has 270 valence electrons. The summed E-state index contributed by atoms with van der Waals surface area (Å²) in [5, 5.41) is 14.5. The number of ether oxygens (including phenoxy) is 6. The SMILES string of the molecule is CC(=O)O[C@@H](C)/C=C\C(=O)N[C@@H]1C[C@H](C)[C@H](C/C=C(C)/C=C/[C@@H]2CC3(CO3)C[C@@H](CC(=O)NCCOCCOCCC(=O)O)O2)O[C@@H]1C. The number of esters is 1. The predicted octanol–water partition coefficient (Wildman–Crippen LogP) is 3.02. The van der Waals surface area contributed by atoms with E-state index in [4.69, 9.17) is 33.5 Å². The van der Waals surface area contributed by atoms with Gasteiger partial charge in [0.1, 0.15) is 6.10 Å². The number of aliphatic carboxylic acids is 1. The van der Waals surface area contributed by atoms with Crippen LogP contribution in [0.15, 0.2) is 36.0 Å². The first-order chi connectivity index (χ1) is 22.8. The molecular formula is C35H54N2O11. The first-order valence-corrected chi connectivity index (χ1v) is 16.9. The van der Waals surface area contributed by atoms with Crippen molar-refractivity contribution in [1.82, 2.24) is 10.6 Å². The number of allylic oxidation sites excluding steroid dienone is 2. The molecule has 0 radical (unpaired) electrons. The molecule has 1 spiro atoms. The summed E-state index contributed by atoms with van der Waals surface area (Å²) >= 11 is 0. The second-order valence-electron chi connectivity index (χ2n) is 13.0. The molecule has 3 aliphatic heterocycles. The van der Waals surface area contributed by atoms with Crippen LogP contribution in [0.3, 0.4) is 0 Å². The minimum atomic E-state index is -0.902. The minimum absolute atomic E-state index is 0.0236. The lowest BCUT2D eigenvalue weighted by Gasteiger charge is -2.39. The average Bonchev–Trinajstić information content (AvgIpc) is 3.75. The molecule has 3 fully saturated rings. The molecule has 1 unspecified atom stereocenters. The van der Waals surface area contributed by atoms with E-state index >= 15 is 0 Å². The Bertz CT molecular complexity index is 1170. The molecule has 2 amide bonds. The first kappa shape index (κ1) is 39.3. The lowest BCUT2D eigenvalue weighted by Crippen LogP contribution is -2.50. The van der Waals surface area contributed by atoms with E-state index in [1.54, 1.807) is 13.0 Å². The zero-order valence-corrected chi connectivity index (χ0v) is 28.9. The monoisotopic (exact) mass is 678 g/mol. The molecule has 3 aliphatic rings. The molecule has 3 N–H and O–H groups in total. The Kier molecular flexibility index (Phi) is 16.2. The fourth-order valence-electron chi connectivity index (χ4n) is 5.90. The molecular weight excluding hydrogens is 624 g/mol. The quantitative estimate of drug-likeness (QED) is 0.0603. The van der Waals surface area contributed by atoms with E-state index in [0.717, 1.165) is 24.8 Å². The number of carbonyl (C=O) groups excluding carboxylic acids is 3. The Morgan fingerprint density at radius 2 is 1.75 bits per heavy atom. The van der Waals surface area contributed by atoms with E-state index in [9.17, 15) is 19.2 Å². The molecule has 0 aromatic carbocycles. The molecule has 0 saturated carbocycles. The van der Waals surface area contributed by atoms with Crippen molar-refractivity contribution in [2.45, 2.75) is 115 Å². The van der Waals surface area contributed by atoms with Crippen LogP contribution in [0.2, 0.25) is 0 Å². The van der Waals surface area contributed by atoms with Crippen molar-refractivity contribution in [1.29, 1.82) is 0 Å². The zero-order chi connectivity index (χ0) is 35.1. The molecule has 0 aromatic heterocycles. The van der Waals surface area contributed by atoms with Gasteiger partial charge in [0, 0.05) is 32.4 Å². The summed E-state index contributed by atoms with van der Waals surface area (Å²) in [4.78, 5) is 46.5. The Labute approximate surface area is 283 Å². The van der Waals surface area contributed by atoms with Crippen LogP contribution >= 0.6 is 0 Å². The van der Waals surface area contributed by atoms with Gasteiger partial charge < -0.3 is 44.2 Å². The van der Waals surface area contributed by atoms with Gasteiger partial charge in [0.15, 0.2) is 0 Å². The number of nitrogens with one attached hydrogen (secondary N) is 2. The van der Waals surface area contributed by atoms with Crippen LogP contribution in [0.4, 0.5) is 0 Å². The van der Waals surface area contributed by atoms with Gasteiger partial charge in [-0.3, -0.25) is 19.2 Å². The van der Waals surface area contributed by atoms with Gasteiger partial charge in [0.05, 0.1) is 81.9 Å². The normalized spacial score (nSPS) is 29.6. The van der Waals surface area contributed by atoms with Crippen molar-refractivity contribution in [3.63, 3.8) is 0 Å². The van der Waals surface area contributed by atoms with Crippen molar-refractivity contribution >= 4 is 23.8 Å². The van der Waals surface area contributed by atoms with Gasteiger partial charge >= 0.3 is 11.9 Å². The summed E-state index contributed by atoms with van der Waals surface area (Å²) in [6.07, 6.45) is 11.4. The highest BCUT2D eigenvalue weighted by Gasteiger charge is 2.51. The number of hydrogen-bond donors (Lipinski definition) is 3. The van der Waals surface area contributed by atoms with Crippen molar-refractivity contribution in [2.75, 3.05) is 39.6 Å². The third kappa shape index (κ3) is 15.0. The van der Waals surface area contributed by atoms with E-state index in [0.29, 0.717) is 39.4 Å². The van der Waals surface area contributed by atoms with Gasteiger partial charge in [-0.05, 0) is 45.6 Å². The Morgan fingerprint density at radius 3 is 2.44 bits per heavy atom. The molecule has 8 atom stereocenters. The molecule has 3 rings (SSSR count). The van der Waals surface area contributed by atoms with Gasteiger partial charge in [-0.25, -0.2) is 0 Å². The molecule has 13 heteroatoms. The maximum Gasteiger partial charge on any atom is 0.305 e. The highest BCUT2D eigenvalue weighted by Crippen LogP contribution is 2.43. The van der Waals surface area contributed by atoms with Gasteiger partial charge in [-0.2, -0.15) is 0 Å². The number of carboxylic acids is 1. The molecule has 0 bridgehead atoms.